The Balaban J connectivity index is 2.73. The van der Waals surface area contributed by atoms with E-state index in [0.717, 1.165) is 0 Å². The van der Waals surface area contributed by atoms with E-state index in [1.165, 1.54) is 18.2 Å². The molecule has 0 spiro atoms. The van der Waals surface area contributed by atoms with E-state index < -0.39 is 0 Å². The number of H-pyrrole nitrogens is 1. The van der Waals surface area contributed by atoms with Crippen LogP contribution in [0.25, 0.3) is 0 Å². The molecule has 1 amide bonds. The Labute approximate surface area is 87.1 Å². The van der Waals surface area contributed by atoms with Crippen LogP contribution in [0.5, 0.6) is 0 Å². The van der Waals surface area contributed by atoms with Crippen LogP contribution < -0.4 is 10.9 Å². The van der Waals surface area contributed by atoms with Gasteiger partial charge >= 0.3 is 0 Å². The minimum atomic E-state index is -0.381. The van der Waals surface area contributed by atoms with Crippen molar-refractivity contribution < 1.29 is 9.90 Å². The summed E-state index contributed by atoms with van der Waals surface area (Å²) in [6.45, 7) is 1.74. The van der Waals surface area contributed by atoms with Crippen LogP contribution in [0.3, 0.4) is 0 Å². The Morgan fingerprint density at radius 2 is 2.33 bits per heavy atom. The molecule has 0 bridgehead atoms. The smallest absolute Gasteiger partial charge is 0.268 e. The van der Waals surface area contributed by atoms with E-state index in [4.69, 9.17) is 5.11 Å². The molecule has 1 aromatic heterocycles. The van der Waals surface area contributed by atoms with E-state index in [1.807, 2.05) is 6.92 Å². The Morgan fingerprint density at radius 3 is 2.87 bits per heavy atom. The summed E-state index contributed by atoms with van der Waals surface area (Å²) >= 11 is 0. The highest BCUT2D eigenvalue weighted by Gasteiger charge is 2.11. The molecule has 5 nitrogen and oxygen atoms in total. The molecular formula is C10H14N2O3. The molecule has 1 atom stereocenters. The number of hydrogen-bond acceptors (Lipinski definition) is 3. The summed E-state index contributed by atoms with van der Waals surface area (Å²) in [6, 6.07) is 4.08. The number of aromatic amines is 1. The fraction of sp³-hybridized carbons (Fsp3) is 0.400. The zero-order chi connectivity index (χ0) is 11.3. The van der Waals surface area contributed by atoms with Crippen LogP contribution in [-0.2, 0) is 0 Å². The van der Waals surface area contributed by atoms with Crippen molar-refractivity contribution in [2.24, 2.45) is 0 Å². The molecule has 0 radical (unpaired) electrons. The Kier molecular flexibility index (Phi) is 4.05. The van der Waals surface area contributed by atoms with Crippen molar-refractivity contribution in [1.82, 2.24) is 10.3 Å². The van der Waals surface area contributed by atoms with Gasteiger partial charge in [-0.05, 0) is 12.5 Å². The molecule has 15 heavy (non-hydrogen) atoms. The van der Waals surface area contributed by atoms with Gasteiger partial charge in [-0.25, -0.2) is 0 Å². The topological polar surface area (TPSA) is 82.2 Å². The number of carbonyl (C=O) groups is 1. The van der Waals surface area contributed by atoms with Gasteiger partial charge in [0.1, 0.15) is 5.69 Å². The number of carbonyl (C=O) groups excluding carboxylic acids is 1. The van der Waals surface area contributed by atoms with Gasteiger partial charge in [0.25, 0.3) is 5.91 Å². The first kappa shape index (κ1) is 11.5. The summed E-state index contributed by atoms with van der Waals surface area (Å²) < 4.78 is 0. The number of pyridine rings is 1. The second-order valence-electron chi connectivity index (χ2n) is 3.19. The standard InChI is InChI=1S/C10H14N2O3/c1-2-7(6-13)11-10(15)8-4-3-5-9(14)12-8/h3-5,7,13H,2,6H2,1H3,(H,11,15)(H,12,14). The lowest BCUT2D eigenvalue weighted by Crippen LogP contribution is -2.37. The number of hydrogen-bond donors (Lipinski definition) is 3. The molecule has 3 N–H and O–H groups in total. The predicted molar refractivity (Wildman–Crippen MR) is 55.7 cm³/mol. The van der Waals surface area contributed by atoms with E-state index in [-0.39, 0.29) is 29.8 Å². The van der Waals surface area contributed by atoms with E-state index in [2.05, 4.69) is 10.3 Å². The van der Waals surface area contributed by atoms with Crippen molar-refractivity contribution in [2.45, 2.75) is 19.4 Å². The summed E-state index contributed by atoms with van der Waals surface area (Å²) in [4.78, 5) is 24.9. The third kappa shape index (κ3) is 3.21. The highest BCUT2D eigenvalue weighted by Crippen LogP contribution is 1.94. The first-order valence-corrected chi connectivity index (χ1v) is 4.78. The number of rotatable bonds is 4. The van der Waals surface area contributed by atoms with Crippen molar-refractivity contribution in [2.75, 3.05) is 6.61 Å². The first-order chi connectivity index (χ1) is 7.17. The van der Waals surface area contributed by atoms with Gasteiger partial charge < -0.3 is 15.4 Å². The molecule has 82 valence electrons. The molecule has 5 heteroatoms. The molecular weight excluding hydrogens is 196 g/mol. The second kappa shape index (κ2) is 5.31. The van der Waals surface area contributed by atoms with Gasteiger partial charge in [0.2, 0.25) is 5.56 Å². The fourth-order valence-electron chi connectivity index (χ4n) is 1.12. The SMILES string of the molecule is CCC(CO)NC(=O)c1cccc(=O)[nH]1. The van der Waals surface area contributed by atoms with Gasteiger partial charge in [0.05, 0.1) is 12.6 Å². The molecule has 1 unspecified atom stereocenters. The molecule has 0 aliphatic rings. The van der Waals surface area contributed by atoms with Crippen molar-refractivity contribution >= 4 is 5.91 Å². The monoisotopic (exact) mass is 210 g/mol. The third-order valence-electron chi connectivity index (χ3n) is 2.06. The average molecular weight is 210 g/mol. The van der Waals surface area contributed by atoms with Crippen molar-refractivity contribution in [3.8, 4) is 0 Å². The van der Waals surface area contributed by atoms with Crippen LogP contribution in [0.15, 0.2) is 23.0 Å². The molecule has 0 aliphatic heterocycles. The highest BCUT2D eigenvalue weighted by molar-refractivity contribution is 5.92. The van der Waals surface area contributed by atoms with Crippen molar-refractivity contribution in [1.29, 1.82) is 0 Å². The van der Waals surface area contributed by atoms with Gasteiger partial charge in [0, 0.05) is 6.07 Å². The predicted octanol–water partition coefficient (Wildman–Crippen LogP) is -0.124. The minimum absolute atomic E-state index is 0.112. The number of amides is 1. The summed E-state index contributed by atoms with van der Waals surface area (Å²) in [5.41, 5.74) is -0.117. The van der Waals surface area contributed by atoms with Crippen LogP contribution in [0.4, 0.5) is 0 Å². The van der Waals surface area contributed by atoms with Gasteiger partial charge in [-0.1, -0.05) is 13.0 Å². The summed E-state index contributed by atoms with van der Waals surface area (Å²) in [5, 5.41) is 11.5. The van der Waals surface area contributed by atoms with Crippen LogP contribution in [0.1, 0.15) is 23.8 Å². The van der Waals surface area contributed by atoms with E-state index in [0.29, 0.717) is 6.42 Å². The lowest BCUT2D eigenvalue weighted by molar-refractivity contribution is 0.0909. The Bertz CT molecular complexity index is 382. The molecule has 1 aromatic rings. The first-order valence-electron chi connectivity index (χ1n) is 4.78. The van der Waals surface area contributed by atoms with Crippen LogP contribution in [0, 0.1) is 0 Å². The normalized spacial score (nSPS) is 12.1. The third-order valence-corrected chi connectivity index (χ3v) is 2.06. The second-order valence-corrected chi connectivity index (χ2v) is 3.19. The molecule has 0 aliphatic carbocycles. The maximum absolute atomic E-state index is 11.5. The molecule has 0 saturated heterocycles. The zero-order valence-electron chi connectivity index (χ0n) is 8.49. The van der Waals surface area contributed by atoms with Gasteiger partial charge in [-0.2, -0.15) is 0 Å². The number of aromatic nitrogens is 1. The van der Waals surface area contributed by atoms with Gasteiger partial charge in [-0.3, -0.25) is 9.59 Å². The average Bonchev–Trinajstić information content (AvgIpc) is 2.25. The lowest BCUT2D eigenvalue weighted by Gasteiger charge is -2.13. The molecule has 0 aromatic carbocycles. The Morgan fingerprint density at radius 1 is 1.60 bits per heavy atom. The Hall–Kier alpha value is -1.62. The lowest BCUT2D eigenvalue weighted by atomic mass is 10.2. The van der Waals surface area contributed by atoms with E-state index in [1.54, 1.807) is 0 Å². The van der Waals surface area contributed by atoms with Gasteiger partial charge in [0.15, 0.2) is 0 Å². The van der Waals surface area contributed by atoms with Crippen molar-refractivity contribution in [3.05, 3.63) is 34.2 Å². The summed E-state index contributed by atoms with van der Waals surface area (Å²) in [7, 11) is 0. The van der Waals surface area contributed by atoms with Crippen LogP contribution in [0.2, 0.25) is 0 Å². The minimum Gasteiger partial charge on any atom is -0.394 e. The fourth-order valence-corrected chi connectivity index (χ4v) is 1.12. The molecule has 1 heterocycles. The molecule has 0 saturated carbocycles. The summed E-state index contributed by atoms with van der Waals surface area (Å²) in [6.07, 6.45) is 0.638. The highest BCUT2D eigenvalue weighted by atomic mass is 16.3. The number of aliphatic hydroxyl groups excluding tert-OH is 1. The molecule has 0 fully saturated rings. The van der Waals surface area contributed by atoms with E-state index in [9.17, 15) is 9.59 Å². The zero-order valence-corrected chi connectivity index (χ0v) is 8.49. The van der Waals surface area contributed by atoms with Gasteiger partial charge in [-0.15, -0.1) is 0 Å². The maximum Gasteiger partial charge on any atom is 0.268 e. The van der Waals surface area contributed by atoms with Crippen LogP contribution >= 0.6 is 0 Å². The quantitative estimate of drug-likeness (QED) is 0.647. The van der Waals surface area contributed by atoms with E-state index >= 15 is 0 Å². The summed E-state index contributed by atoms with van der Waals surface area (Å²) in [5.74, 6) is -0.381. The van der Waals surface area contributed by atoms with Crippen molar-refractivity contribution in [3.63, 3.8) is 0 Å². The number of aliphatic hydroxyl groups is 1. The molecule has 1 rings (SSSR count). The maximum atomic E-state index is 11.5. The van der Waals surface area contributed by atoms with Crippen LogP contribution in [-0.4, -0.2) is 28.6 Å². The number of nitrogens with one attached hydrogen (secondary N) is 2. The largest absolute Gasteiger partial charge is 0.394 e.